The largest absolute Gasteiger partial charge is 0.255 e. The fourth-order valence-electron chi connectivity index (χ4n) is 1.15. The van der Waals surface area contributed by atoms with Gasteiger partial charge in [-0.15, -0.1) is 0 Å². The molecule has 5 heteroatoms. The molecule has 1 aromatic rings. The molecule has 0 radical (unpaired) electrons. The summed E-state index contributed by atoms with van der Waals surface area (Å²) in [6.07, 6.45) is 2.59. The first-order valence-electron chi connectivity index (χ1n) is 3.96. The van der Waals surface area contributed by atoms with Crippen molar-refractivity contribution in [1.82, 2.24) is 0 Å². The van der Waals surface area contributed by atoms with Crippen molar-refractivity contribution in [2.45, 2.75) is 16.7 Å². The molecule has 0 aliphatic rings. The topological polar surface area (TPSA) is 51.2 Å². The number of aryl methyl sites for hydroxylation is 1. The summed E-state index contributed by atoms with van der Waals surface area (Å²) >= 11 is 0. The van der Waals surface area contributed by atoms with E-state index in [-0.39, 0.29) is 4.90 Å². The Labute approximate surface area is 86.5 Å². The molecule has 14 heavy (non-hydrogen) atoms. The van der Waals surface area contributed by atoms with Crippen molar-refractivity contribution in [3.05, 3.63) is 23.8 Å². The molecule has 1 aromatic carbocycles. The maximum absolute atomic E-state index is 11.3. The summed E-state index contributed by atoms with van der Waals surface area (Å²) in [5, 5.41) is 0. The molecular formula is C9H12O3S2. The summed E-state index contributed by atoms with van der Waals surface area (Å²) in [7, 11) is -4.56. The second-order valence-corrected chi connectivity index (χ2v) is 6.51. The lowest BCUT2D eigenvalue weighted by atomic mass is 10.2. The molecule has 0 heterocycles. The Morgan fingerprint density at radius 3 is 2.29 bits per heavy atom. The van der Waals surface area contributed by atoms with Crippen LogP contribution in [0.25, 0.3) is 0 Å². The Balaban J connectivity index is 3.53. The van der Waals surface area contributed by atoms with Gasteiger partial charge in [-0.05, 0) is 24.6 Å². The van der Waals surface area contributed by atoms with Crippen LogP contribution in [0.15, 0.2) is 28.0 Å². The van der Waals surface area contributed by atoms with Gasteiger partial charge in [0.1, 0.15) is 0 Å². The predicted octanol–water partition coefficient (Wildman–Crippen LogP) is 1.14. The smallest absolute Gasteiger partial charge is 0.176 e. The Morgan fingerprint density at radius 1 is 1.29 bits per heavy atom. The van der Waals surface area contributed by atoms with Crippen LogP contribution in [0.3, 0.4) is 0 Å². The summed E-state index contributed by atoms with van der Waals surface area (Å²) in [6, 6.07) is 4.85. The summed E-state index contributed by atoms with van der Waals surface area (Å²) in [6.45, 7) is 1.84. The molecule has 0 bridgehead atoms. The number of sulfone groups is 1. The van der Waals surface area contributed by atoms with Gasteiger partial charge in [-0.1, -0.05) is 6.07 Å². The van der Waals surface area contributed by atoms with E-state index in [9.17, 15) is 12.6 Å². The van der Waals surface area contributed by atoms with E-state index in [1.54, 1.807) is 12.1 Å². The van der Waals surface area contributed by atoms with Gasteiger partial charge in [0.05, 0.1) is 20.6 Å². The highest BCUT2D eigenvalue weighted by Crippen LogP contribution is 2.19. The third kappa shape index (κ3) is 2.42. The number of hydrogen-bond donors (Lipinski definition) is 0. The van der Waals surface area contributed by atoms with E-state index in [2.05, 4.69) is 0 Å². The third-order valence-corrected chi connectivity index (χ3v) is 4.05. The van der Waals surface area contributed by atoms with Crippen LogP contribution in [0.1, 0.15) is 5.56 Å². The fraction of sp³-hybridized carbons (Fsp3) is 0.333. The van der Waals surface area contributed by atoms with Crippen molar-refractivity contribution in [3.63, 3.8) is 0 Å². The van der Waals surface area contributed by atoms with Crippen molar-refractivity contribution < 1.29 is 12.6 Å². The highest BCUT2D eigenvalue weighted by Gasteiger charge is 2.15. The molecule has 1 rings (SSSR count). The van der Waals surface area contributed by atoms with Crippen molar-refractivity contribution >= 4 is 20.6 Å². The van der Waals surface area contributed by atoms with Gasteiger partial charge in [0.15, 0.2) is 9.84 Å². The number of rotatable bonds is 2. The van der Waals surface area contributed by atoms with E-state index in [1.807, 2.05) is 6.92 Å². The molecule has 1 atom stereocenters. The number of benzene rings is 1. The Morgan fingerprint density at radius 2 is 1.86 bits per heavy atom. The van der Waals surface area contributed by atoms with Gasteiger partial charge in [0.25, 0.3) is 0 Å². The van der Waals surface area contributed by atoms with E-state index in [1.165, 1.54) is 12.3 Å². The van der Waals surface area contributed by atoms with Crippen LogP contribution in [0.4, 0.5) is 0 Å². The average molecular weight is 232 g/mol. The van der Waals surface area contributed by atoms with Crippen molar-refractivity contribution in [3.8, 4) is 0 Å². The molecule has 0 saturated heterocycles. The van der Waals surface area contributed by atoms with Crippen LogP contribution in [0.5, 0.6) is 0 Å². The van der Waals surface area contributed by atoms with Gasteiger partial charge in [-0.2, -0.15) is 0 Å². The highest BCUT2D eigenvalue weighted by molar-refractivity contribution is 7.92. The first-order chi connectivity index (χ1) is 6.32. The standard InChI is InChI=1S/C9H12O3S2/c1-7-4-5-9(14(3,11)12)8(6-7)13(2)10/h4-6H,1-3H3. The van der Waals surface area contributed by atoms with Gasteiger partial charge in [0, 0.05) is 12.5 Å². The van der Waals surface area contributed by atoms with E-state index in [0.29, 0.717) is 4.90 Å². The van der Waals surface area contributed by atoms with Gasteiger partial charge >= 0.3 is 0 Å². The molecule has 0 amide bonds. The predicted molar refractivity (Wildman–Crippen MR) is 56.6 cm³/mol. The highest BCUT2D eigenvalue weighted by atomic mass is 32.2. The van der Waals surface area contributed by atoms with Gasteiger partial charge < -0.3 is 0 Å². The maximum atomic E-state index is 11.3. The zero-order valence-corrected chi connectivity index (χ0v) is 9.91. The van der Waals surface area contributed by atoms with Crippen molar-refractivity contribution in [1.29, 1.82) is 0 Å². The Hall–Kier alpha value is -0.680. The minimum absolute atomic E-state index is 0.156. The van der Waals surface area contributed by atoms with Crippen LogP contribution in [-0.4, -0.2) is 25.1 Å². The summed E-state index contributed by atoms with van der Waals surface area (Å²) in [4.78, 5) is 0.538. The normalized spacial score (nSPS) is 13.9. The SMILES string of the molecule is Cc1ccc(S(C)(=O)=O)c(S(C)=O)c1. The fourth-order valence-corrected chi connectivity index (χ4v) is 3.40. The van der Waals surface area contributed by atoms with E-state index in [4.69, 9.17) is 0 Å². The van der Waals surface area contributed by atoms with Crippen LogP contribution in [0, 0.1) is 6.92 Å². The van der Waals surface area contributed by atoms with Crippen LogP contribution in [-0.2, 0) is 20.6 Å². The first kappa shape index (κ1) is 11.4. The lowest BCUT2D eigenvalue weighted by Crippen LogP contribution is -2.03. The molecule has 0 fully saturated rings. The summed E-state index contributed by atoms with van der Waals surface area (Å²) < 4.78 is 34.0. The molecular weight excluding hydrogens is 220 g/mol. The van der Waals surface area contributed by atoms with E-state index in [0.717, 1.165) is 11.8 Å². The molecule has 0 spiro atoms. The van der Waals surface area contributed by atoms with Gasteiger partial charge in [-0.25, -0.2) is 8.42 Å². The van der Waals surface area contributed by atoms with E-state index < -0.39 is 20.6 Å². The van der Waals surface area contributed by atoms with E-state index >= 15 is 0 Å². The monoisotopic (exact) mass is 232 g/mol. The first-order valence-corrected chi connectivity index (χ1v) is 7.41. The van der Waals surface area contributed by atoms with Crippen molar-refractivity contribution in [2.24, 2.45) is 0 Å². The van der Waals surface area contributed by atoms with Gasteiger partial charge in [0.2, 0.25) is 0 Å². The lowest BCUT2D eigenvalue weighted by Gasteiger charge is -2.05. The second kappa shape index (κ2) is 3.82. The minimum atomic E-state index is -3.29. The molecule has 78 valence electrons. The zero-order valence-electron chi connectivity index (χ0n) is 8.27. The lowest BCUT2D eigenvalue weighted by molar-refractivity contribution is 0.599. The molecule has 1 unspecified atom stereocenters. The maximum Gasteiger partial charge on any atom is 0.176 e. The van der Waals surface area contributed by atoms with Gasteiger partial charge in [-0.3, -0.25) is 4.21 Å². The third-order valence-electron chi connectivity index (χ3n) is 1.81. The molecule has 0 aliphatic carbocycles. The minimum Gasteiger partial charge on any atom is -0.255 e. The van der Waals surface area contributed by atoms with Crippen molar-refractivity contribution in [2.75, 3.05) is 12.5 Å². The second-order valence-electron chi connectivity index (χ2n) is 3.18. The molecule has 0 N–H and O–H groups in total. The molecule has 0 aromatic heterocycles. The average Bonchev–Trinajstić information content (AvgIpc) is 2.01. The Kier molecular flexibility index (Phi) is 3.11. The van der Waals surface area contributed by atoms with Crippen LogP contribution >= 0.6 is 0 Å². The number of hydrogen-bond acceptors (Lipinski definition) is 3. The van der Waals surface area contributed by atoms with Crippen LogP contribution < -0.4 is 0 Å². The molecule has 0 aliphatic heterocycles. The van der Waals surface area contributed by atoms with Crippen LogP contribution in [0.2, 0.25) is 0 Å². The molecule has 3 nitrogen and oxygen atoms in total. The summed E-state index contributed by atoms with van der Waals surface area (Å²) in [5.41, 5.74) is 0.905. The zero-order chi connectivity index (χ0) is 10.9. The molecule has 0 saturated carbocycles. The summed E-state index contributed by atoms with van der Waals surface area (Å²) in [5.74, 6) is 0. The Bertz CT molecular complexity index is 475. The quantitative estimate of drug-likeness (QED) is 0.768.